The van der Waals surface area contributed by atoms with Crippen molar-refractivity contribution in [3.8, 4) is 11.5 Å². The number of hydrogen-bond donors (Lipinski definition) is 0. The predicted molar refractivity (Wildman–Crippen MR) is 92.7 cm³/mol. The van der Waals surface area contributed by atoms with Gasteiger partial charge in [0.1, 0.15) is 18.1 Å². The average molecular weight is 344 g/mol. The van der Waals surface area contributed by atoms with Gasteiger partial charge in [-0.1, -0.05) is 31.1 Å². The van der Waals surface area contributed by atoms with E-state index < -0.39 is 0 Å². The quantitative estimate of drug-likeness (QED) is 0.834. The van der Waals surface area contributed by atoms with Crippen LogP contribution in [-0.2, 0) is 17.8 Å². The highest BCUT2D eigenvalue weighted by atomic mass is 16.5. The Morgan fingerprint density at radius 3 is 2.92 bits per heavy atom. The van der Waals surface area contributed by atoms with E-state index in [9.17, 15) is 4.79 Å². The zero-order valence-corrected chi connectivity index (χ0v) is 15.1. The van der Waals surface area contributed by atoms with Crippen LogP contribution in [0.2, 0.25) is 0 Å². The number of carbonyl (C=O) groups excluding carboxylic acids is 1. The van der Waals surface area contributed by atoms with Crippen molar-refractivity contribution in [3.63, 3.8) is 0 Å². The molecule has 1 unspecified atom stereocenters. The Bertz CT molecular complexity index is 754. The van der Waals surface area contributed by atoms with Gasteiger partial charge in [0.05, 0.1) is 19.6 Å². The van der Waals surface area contributed by atoms with E-state index in [4.69, 9.17) is 14.0 Å². The summed E-state index contributed by atoms with van der Waals surface area (Å²) in [4.78, 5) is 14.4. The van der Waals surface area contributed by atoms with E-state index in [1.54, 1.807) is 19.1 Å². The molecule has 1 aromatic heterocycles. The summed E-state index contributed by atoms with van der Waals surface area (Å²) >= 11 is 0. The highest BCUT2D eigenvalue weighted by molar-refractivity contribution is 5.79. The molecule has 0 fully saturated rings. The monoisotopic (exact) mass is 344 g/mol. The molecule has 1 amide bonds. The van der Waals surface area contributed by atoms with Gasteiger partial charge in [0.15, 0.2) is 11.5 Å². The van der Waals surface area contributed by atoms with Gasteiger partial charge in [0.25, 0.3) is 0 Å². The second kappa shape index (κ2) is 7.17. The SMILES string of the molecule is COc1cccc2c1OCC(C(=O)N(C)Cc1cc(C(C)C)on1)C2. The number of rotatable bonds is 5. The summed E-state index contributed by atoms with van der Waals surface area (Å²) in [5, 5.41) is 4.05. The summed E-state index contributed by atoms with van der Waals surface area (Å²) in [6.07, 6.45) is 0.645. The van der Waals surface area contributed by atoms with E-state index in [0.29, 0.717) is 25.3 Å². The Morgan fingerprint density at radius 1 is 1.44 bits per heavy atom. The second-order valence-corrected chi connectivity index (χ2v) is 6.73. The minimum absolute atomic E-state index is 0.0440. The first-order valence-corrected chi connectivity index (χ1v) is 8.48. The molecule has 0 saturated heterocycles. The van der Waals surface area contributed by atoms with E-state index in [1.807, 2.05) is 38.1 Å². The third-order valence-corrected chi connectivity index (χ3v) is 4.45. The Hall–Kier alpha value is -2.50. The van der Waals surface area contributed by atoms with Gasteiger partial charge in [-0.05, 0) is 18.1 Å². The van der Waals surface area contributed by atoms with Gasteiger partial charge in [0.2, 0.25) is 5.91 Å². The lowest BCUT2D eigenvalue weighted by atomic mass is 9.95. The van der Waals surface area contributed by atoms with E-state index in [0.717, 1.165) is 22.8 Å². The first-order chi connectivity index (χ1) is 12.0. The molecular formula is C19H24N2O4. The van der Waals surface area contributed by atoms with Crippen LogP contribution in [0.4, 0.5) is 0 Å². The molecular weight excluding hydrogens is 320 g/mol. The van der Waals surface area contributed by atoms with Crippen molar-refractivity contribution in [3.05, 3.63) is 41.3 Å². The highest BCUT2D eigenvalue weighted by Crippen LogP contribution is 2.36. The number of methoxy groups -OCH3 is 1. The van der Waals surface area contributed by atoms with Crippen LogP contribution in [0.15, 0.2) is 28.8 Å². The van der Waals surface area contributed by atoms with Crippen molar-refractivity contribution in [2.45, 2.75) is 32.7 Å². The second-order valence-electron chi connectivity index (χ2n) is 6.73. The fourth-order valence-corrected chi connectivity index (χ4v) is 3.02. The molecule has 134 valence electrons. The number of fused-ring (bicyclic) bond motifs is 1. The molecule has 0 spiro atoms. The molecule has 2 heterocycles. The molecule has 0 N–H and O–H groups in total. The van der Waals surface area contributed by atoms with Crippen LogP contribution in [-0.4, -0.2) is 36.7 Å². The number of aromatic nitrogens is 1. The Kier molecular flexibility index (Phi) is 4.97. The van der Waals surface area contributed by atoms with Crippen molar-refractivity contribution >= 4 is 5.91 Å². The van der Waals surface area contributed by atoms with E-state index in [2.05, 4.69) is 5.16 Å². The summed E-state index contributed by atoms with van der Waals surface area (Å²) in [6, 6.07) is 7.67. The molecule has 1 aliphatic rings. The molecule has 3 rings (SSSR count). The van der Waals surface area contributed by atoms with Crippen LogP contribution in [0.5, 0.6) is 11.5 Å². The molecule has 0 radical (unpaired) electrons. The maximum absolute atomic E-state index is 12.8. The van der Waals surface area contributed by atoms with Crippen molar-refractivity contribution in [2.24, 2.45) is 5.92 Å². The smallest absolute Gasteiger partial charge is 0.229 e. The molecule has 1 aliphatic heterocycles. The molecule has 2 aromatic rings. The van der Waals surface area contributed by atoms with Crippen molar-refractivity contribution in [1.82, 2.24) is 10.1 Å². The molecule has 0 aliphatic carbocycles. The van der Waals surface area contributed by atoms with Gasteiger partial charge in [-0.25, -0.2) is 0 Å². The topological polar surface area (TPSA) is 64.8 Å². The van der Waals surface area contributed by atoms with Gasteiger partial charge < -0.3 is 18.9 Å². The van der Waals surface area contributed by atoms with Crippen LogP contribution in [0.3, 0.4) is 0 Å². The Balaban J connectivity index is 1.66. The zero-order valence-electron chi connectivity index (χ0n) is 15.1. The lowest BCUT2D eigenvalue weighted by molar-refractivity contribution is -0.136. The van der Waals surface area contributed by atoms with Gasteiger partial charge in [-0.3, -0.25) is 4.79 Å². The largest absolute Gasteiger partial charge is 0.493 e. The van der Waals surface area contributed by atoms with Crippen molar-refractivity contribution < 1.29 is 18.8 Å². The van der Waals surface area contributed by atoms with Crippen LogP contribution in [0, 0.1) is 5.92 Å². The minimum Gasteiger partial charge on any atom is -0.493 e. The Labute approximate surface area is 147 Å². The van der Waals surface area contributed by atoms with Gasteiger partial charge >= 0.3 is 0 Å². The molecule has 25 heavy (non-hydrogen) atoms. The number of para-hydroxylation sites is 1. The molecule has 0 saturated carbocycles. The van der Waals surface area contributed by atoms with Gasteiger partial charge in [-0.2, -0.15) is 0 Å². The maximum Gasteiger partial charge on any atom is 0.229 e. The number of ether oxygens (including phenoxy) is 2. The number of amides is 1. The summed E-state index contributed by atoms with van der Waals surface area (Å²) in [7, 11) is 3.40. The zero-order chi connectivity index (χ0) is 18.0. The van der Waals surface area contributed by atoms with Crippen LogP contribution < -0.4 is 9.47 Å². The number of benzene rings is 1. The molecule has 6 heteroatoms. The van der Waals surface area contributed by atoms with E-state index in [1.165, 1.54) is 0 Å². The van der Waals surface area contributed by atoms with Crippen molar-refractivity contribution in [1.29, 1.82) is 0 Å². The number of hydrogen-bond acceptors (Lipinski definition) is 5. The maximum atomic E-state index is 12.8. The third kappa shape index (κ3) is 3.62. The normalized spacial score (nSPS) is 16.3. The molecule has 0 bridgehead atoms. The van der Waals surface area contributed by atoms with Crippen LogP contribution in [0.1, 0.15) is 36.8 Å². The standard InChI is InChI=1S/C19H24N2O4/c1-12(2)17-9-15(20-25-17)10-21(3)19(22)14-8-13-6-5-7-16(23-4)18(13)24-11-14/h5-7,9,12,14H,8,10-11H2,1-4H3. The number of carbonyl (C=O) groups is 1. The van der Waals surface area contributed by atoms with Crippen LogP contribution >= 0.6 is 0 Å². The van der Waals surface area contributed by atoms with E-state index >= 15 is 0 Å². The summed E-state index contributed by atoms with van der Waals surface area (Å²) in [5.74, 6) is 2.40. The minimum atomic E-state index is -0.207. The fourth-order valence-electron chi connectivity index (χ4n) is 3.02. The molecule has 1 aromatic carbocycles. The van der Waals surface area contributed by atoms with Gasteiger partial charge in [0, 0.05) is 19.0 Å². The fraction of sp³-hybridized carbons (Fsp3) is 0.474. The number of nitrogens with zero attached hydrogens (tertiary/aromatic N) is 2. The molecule has 6 nitrogen and oxygen atoms in total. The lowest BCUT2D eigenvalue weighted by Gasteiger charge is -2.28. The lowest BCUT2D eigenvalue weighted by Crippen LogP contribution is -2.38. The molecule has 1 atom stereocenters. The average Bonchev–Trinajstić information content (AvgIpc) is 3.08. The van der Waals surface area contributed by atoms with Gasteiger partial charge in [-0.15, -0.1) is 0 Å². The summed E-state index contributed by atoms with van der Waals surface area (Å²) in [5.41, 5.74) is 1.76. The summed E-state index contributed by atoms with van der Waals surface area (Å²) in [6.45, 7) is 4.87. The summed E-state index contributed by atoms with van der Waals surface area (Å²) < 4.78 is 16.4. The first kappa shape index (κ1) is 17.3. The van der Waals surface area contributed by atoms with E-state index in [-0.39, 0.29) is 17.7 Å². The van der Waals surface area contributed by atoms with Crippen molar-refractivity contribution in [2.75, 3.05) is 20.8 Å². The van der Waals surface area contributed by atoms with Crippen LogP contribution in [0.25, 0.3) is 0 Å². The third-order valence-electron chi connectivity index (χ3n) is 4.45. The highest BCUT2D eigenvalue weighted by Gasteiger charge is 2.30. The Morgan fingerprint density at radius 2 is 2.24 bits per heavy atom. The predicted octanol–water partition coefficient (Wildman–Crippen LogP) is 3.02. The first-order valence-electron chi connectivity index (χ1n) is 8.48.